The summed E-state index contributed by atoms with van der Waals surface area (Å²) in [5, 5.41) is 5.61. The normalized spacial score (nSPS) is 20.9. The molecule has 1 heterocycles. The first-order chi connectivity index (χ1) is 11.3. The molecule has 0 aromatic heterocycles. The molecule has 5 nitrogen and oxygen atoms in total. The minimum absolute atomic E-state index is 0.0249. The third-order valence-electron chi connectivity index (χ3n) is 3.66. The van der Waals surface area contributed by atoms with Crippen molar-refractivity contribution in [3.05, 3.63) is 48.0 Å². The molecule has 0 saturated heterocycles. The molecular weight excluding hydrogens is 304 g/mol. The Labute approximate surface area is 143 Å². The van der Waals surface area contributed by atoms with Gasteiger partial charge in [-0.15, -0.1) is 0 Å². The van der Waals surface area contributed by atoms with Gasteiger partial charge in [-0.1, -0.05) is 42.5 Å². The van der Waals surface area contributed by atoms with Gasteiger partial charge < -0.3 is 15.4 Å². The summed E-state index contributed by atoms with van der Waals surface area (Å²) in [6.07, 6.45) is 5.55. The average Bonchev–Trinajstić information content (AvgIpc) is 2.66. The molecule has 130 valence electrons. The fourth-order valence-corrected chi connectivity index (χ4v) is 2.53. The van der Waals surface area contributed by atoms with Gasteiger partial charge in [0.05, 0.1) is 0 Å². The zero-order chi connectivity index (χ0) is 17.6. The fourth-order valence-electron chi connectivity index (χ4n) is 2.53. The van der Waals surface area contributed by atoms with E-state index in [-0.39, 0.29) is 11.9 Å². The van der Waals surface area contributed by atoms with Gasteiger partial charge in [-0.2, -0.15) is 0 Å². The molecule has 0 saturated carbocycles. The van der Waals surface area contributed by atoms with Crippen molar-refractivity contribution in [2.45, 2.75) is 57.7 Å². The lowest BCUT2D eigenvalue weighted by Gasteiger charge is -2.22. The predicted molar refractivity (Wildman–Crippen MR) is 93.6 cm³/mol. The zero-order valence-corrected chi connectivity index (χ0v) is 14.5. The summed E-state index contributed by atoms with van der Waals surface area (Å²) in [6.45, 7) is 5.37. The number of nitrogens with one attached hydrogen (secondary N) is 2. The van der Waals surface area contributed by atoms with Crippen molar-refractivity contribution >= 4 is 12.0 Å². The van der Waals surface area contributed by atoms with Crippen LogP contribution in [0.4, 0.5) is 4.79 Å². The van der Waals surface area contributed by atoms with Crippen LogP contribution in [0.1, 0.15) is 39.2 Å². The van der Waals surface area contributed by atoms with E-state index in [2.05, 4.69) is 22.8 Å². The Kier molecular flexibility index (Phi) is 6.01. The first-order valence-corrected chi connectivity index (χ1v) is 8.34. The van der Waals surface area contributed by atoms with Crippen LogP contribution >= 0.6 is 0 Å². The van der Waals surface area contributed by atoms with Gasteiger partial charge in [-0.3, -0.25) is 4.79 Å². The summed E-state index contributed by atoms with van der Waals surface area (Å²) < 4.78 is 5.21. The highest BCUT2D eigenvalue weighted by Gasteiger charge is 2.26. The van der Waals surface area contributed by atoms with Crippen molar-refractivity contribution in [2.75, 3.05) is 0 Å². The van der Waals surface area contributed by atoms with E-state index < -0.39 is 17.7 Å². The second kappa shape index (κ2) is 7.99. The van der Waals surface area contributed by atoms with Gasteiger partial charge in [0.25, 0.3) is 0 Å². The van der Waals surface area contributed by atoms with E-state index in [9.17, 15) is 9.59 Å². The van der Waals surface area contributed by atoms with Crippen LogP contribution in [0.2, 0.25) is 0 Å². The smallest absolute Gasteiger partial charge is 0.408 e. The van der Waals surface area contributed by atoms with Crippen molar-refractivity contribution in [3.8, 4) is 0 Å². The second-order valence-electron chi connectivity index (χ2n) is 7.00. The third kappa shape index (κ3) is 6.07. The van der Waals surface area contributed by atoms with Gasteiger partial charge in [-0.05, 0) is 45.6 Å². The Morgan fingerprint density at radius 2 is 2.00 bits per heavy atom. The minimum Gasteiger partial charge on any atom is -0.444 e. The van der Waals surface area contributed by atoms with Crippen molar-refractivity contribution in [1.82, 2.24) is 10.6 Å². The lowest BCUT2D eigenvalue weighted by atomic mass is 10.1. The van der Waals surface area contributed by atoms with Gasteiger partial charge in [0.2, 0.25) is 5.91 Å². The van der Waals surface area contributed by atoms with Crippen LogP contribution in [-0.4, -0.2) is 29.7 Å². The molecule has 0 fully saturated rings. The molecule has 2 atom stereocenters. The standard InChI is InChI=1S/C19H26N2O3/c1-19(2,3)24-18(23)21-16-11-7-10-15(20-17(16)22)13-12-14-8-5-4-6-9-14/h4-10,15-16H,11-13H2,1-3H3,(H,20,22)(H,21,23)/t15-,16-/m0/s1. The van der Waals surface area contributed by atoms with E-state index in [0.29, 0.717) is 6.42 Å². The Morgan fingerprint density at radius 1 is 1.29 bits per heavy atom. The van der Waals surface area contributed by atoms with E-state index in [0.717, 1.165) is 12.8 Å². The van der Waals surface area contributed by atoms with Crippen LogP contribution in [0.5, 0.6) is 0 Å². The SMILES string of the molecule is CC(C)(C)OC(=O)N[C@H]1CC=C[C@@H](CCc2ccccc2)NC1=O. The first kappa shape index (κ1) is 18.0. The molecule has 1 aliphatic rings. The fraction of sp³-hybridized carbons (Fsp3) is 0.474. The zero-order valence-electron chi connectivity index (χ0n) is 14.5. The van der Waals surface area contributed by atoms with Gasteiger partial charge >= 0.3 is 6.09 Å². The lowest BCUT2D eigenvalue weighted by Crippen LogP contribution is -2.49. The number of benzene rings is 1. The van der Waals surface area contributed by atoms with Crippen molar-refractivity contribution in [3.63, 3.8) is 0 Å². The van der Waals surface area contributed by atoms with Crippen LogP contribution in [0.15, 0.2) is 42.5 Å². The second-order valence-corrected chi connectivity index (χ2v) is 7.00. The number of ether oxygens (including phenoxy) is 1. The van der Waals surface area contributed by atoms with Crippen LogP contribution in [0.3, 0.4) is 0 Å². The number of alkyl carbamates (subject to hydrolysis) is 1. The molecule has 1 aliphatic heterocycles. The number of hydrogen-bond donors (Lipinski definition) is 2. The van der Waals surface area contributed by atoms with E-state index in [4.69, 9.17) is 4.74 Å². The Bertz CT molecular complexity index is 590. The molecule has 0 spiro atoms. The summed E-state index contributed by atoms with van der Waals surface area (Å²) >= 11 is 0. The molecule has 1 aromatic carbocycles. The lowest BCUT2D eigenvalue weighted by molar-refractivity contribution is -0.123. The van der Waals surface area contributed by atoms with Gasteiger partial charge in [0.1, 0.15) is 11.6 Å². The highest BCUT2D eigenvalue weighted by Crippen LogP contribution is 2.11. The highest BCUT2D eigenvalue weighted by molar-refractivity contribution is 5.86. The van der Waals surface area contributed by atoms with E-state index in [1.54, 1.807) is 20.8 Å². The third-order valence-corrected chi connectivity index (χ3v) is 3.66. The summed E-state index contributed by atoms with van der Waals surface area (Å²) in [6, 6.07) is 9.55. The maximum Gasteiger partial charge on any atom is 0.408 e. The maximum absolute atomic E-state index is 12.3. The molecule has 0 unspecified atom stereocenters. The van der Waals surface area contributed by atoms with Gasteiger partial charge in [-0.25, -0.2) is 4.79 Å². The van der Waals surface area contributed by atoms with Crippen LogP contribution in [0, 0.1) is 0 Å². The first-order valence-electron chi connectivity index (χ1n) is 8.34. The van der Waals surface area contributed by atoms with Gasteiger partial charge in [0.15, 0.2) is 0 Å². The number of amides is 2. The van der Waals surface area contributed by atoms with E-state index in [1.807, 2.05) is 30.4 Å². The summed E-state index contributed by atoms with van der Waals surface area (Å²) in [4.78, 5) is 24.2. The molecule has 0 bridgehead atoms. The summed E-state index contributed by atoms with van der Waals surface area (Å²) in [7, 11) is 0. The quantitative estimate of drug-likeness (QED) is 0.834. The molecular formula is C19H26N2O3. The molecule has 2 N–H and O–H groups in total. The molecule has 24 heavy (non-hydrogen) atoms. The molecule has 1 aromatic rings. The Morgan fingerprint density at radius 3 is 2.67 bits per heavy atom. The number of rotatable bonds is 4. The number of carbonyl (C=O) groups excluding carboxylic acids is 2. The van der Waals surface area contributed by atoms with Crippen LogP contribution in [-0.2, 0) is 16.0 Å². The average molecular weight is 330 g/mol. The Balaban J connectivity index is 1.85. The van der Waals surface area contributed by atoms with Crippen molar-refractivity contribution < 1.29 is 14.3 Å². The predicted octanol–water partition coefficient (Wildman–Crippen LogP) is 2.96. The number of hydrogen-bond acceptors (Lipinski definition) is 3. The van der Waals surface area contributed by atoms with E-state index in [1.165, 1.54) is 5.56 Å². The van der Waals surface area contributed by atoms with Crippen LogP contribution in [0.25, 0.3) is 0 Å². The Hall–Kier alpha value is -2.30. The maximum atomic E-state index is 12.3. The summed E-state index contributed by atoms with van der Waals surface area (Å²) in [5.41, 5.74) is 0.659. The number of carbonyl (C=O) groups is 2. The van der Waals surface area contributed by atoms with Crippen molar-refractivity contribution in [1.29, 1.82) is 0 Å². The largest absolute Gasteiger partial charge is 0.444 e. The molecule has 2 rings (SSSR count). The number of aryl methyl sites for hydroxylation is 1. The molecule has 2 amide bonds. The minimum atomic E-state index is -0.599. The highest BCUT2D eigenvalue weighted by atomic mass is 16.6. The summed E-state index contributed by atoms with van der Waals surface area (Å²) in [5.74, 6) is -0.177. The molecule has 0 radical (unpaired) electrons. The molecule has 5 heteroatoms. The van der Waals surface area contributed by atoms with Crippen molar-refractivity contribution in [2.24, 2.45) is 0 Å². The van der Waals surface area contributed by atoms with Crippen LogP contribution < -0.4 is 10.6 Å². The topological polar surface area (TPSA) is 67.4 Å². The van der Waals surface area contributed by atoms with E-state index >= 15 is 0 Å². The monoisotopic (exact) mass is 330 g/mol. The van der Waals surface area contributed by atoms with Gasteiger partial charge in [0, 0.05) is 6.04 Å². The molecule has 0 aliphatic carbocycles.